The number of thiophene rings is 1. The van der Waals surface area contributed by atoms with Gasteiger partial charge in [-0.25, -0.2) is 0 Å². The standard InChI is InChI=1S/C11H16N2OS/c1-6(2)13-11(14)9-7-4-3-5-8(7)15-10(9)12/h6H,3-5,12H2,1-2H3,(H,13,14). The Balaban J connectivity index is 2.31. The highest BCUT2D eigenvalue weighted by atomic mass is 32.1. The summed E-state index contributed by atoms with van der Waals surface area (Å²) in [4.78, 5) is 13.2. The van der Waals surface area contributed by atoms with Crippen molar-refractivity contribution < 1.29 is 4.79 Å². The highest BCUT2D eigenvalue weighted by molar-refractivity contribution is 7.16. The van der Waals surface area contributed by atoms with Gasteiger partial charge < -0.3 is 11.1 Å². The summed E-state index contributed by atoms with van der Waals surface area (Å²) in [7, 11) is 0. The molecule has 4 heteroatoms. The number of anilines is 1. The average Bonchev–Trinajstić information content (AvgIpc) is 2.60. The molecule has 0 fully saturated rings. The fraction of sp³-hybridized carbons (Fsp3) is 0.545. The monoisotopic (exact) mass is 224 g/mol. The van der Waals surface area contributed by atoms with Gasteiger partial charge in [0.1, 0.15) is 0 Å². The minimum atomic E-state index is -0.0121. The van der Waals surface area contributed by atoms with Gasteiger partial charge in [0, 0.05) is 10.9 Å². The molecule has 1 aliphatic carbocycles. The number of amides is 1. The number of nitrogen functional groups attached to an aromatic ring is 1. The average molecular weight is 224 g/mol. The van der Waals surface area contributed by atoms with E-state index in [1.807, 2.05) is 13.8 Å². The molecule has 0 unspecified atom stereocenters. The molecule has 0 aromatic carbocycles. The lowest BCUT2D eigenvalue weighted by atomic mass is 10.1. The summed E-state index contributed by atoms with van der Waals surface area (Å²) in [6, 6.07) is 0.161. The van der Waals surface area contributed by atoms with Crippen molar-refractivity contribution >= 4 is 22.2 Å². The lowest BCUT2D eigenvalue weighted by molar-refractivity contribution is 0.0943. The van der Waals surface area contributed by atoms with Gasteiger partial charge in [0.05, 0.1) is 10.6 Å². The maximum absolute atomic E-state index is 11.9. The van der Waals surface area contributed by atoms with Crippen LogP contribution in [-0.4, -0.2) is 11.9 Å². The Labute approximate surface area is 93.7 Å². The van der Waals surface area contributed by atoms with Crippen LogP contribution >= 0.6 is 11.3 Å². The molecule has 0 saturated heterocycles. The van der Waals surface area contributed by atoms with E-state index in [2.05, 4.69) is 5.32 Å². The molecular formula is C11H16N2OS. The summed E-state index contributed by atoms with van der Waals surface area (Å²) < 4.78 is 0. The van der Waals surface area contributed by atoms with Crippen LogP contribution in [0.25, 0.3) is 0 Å². The van der Waals surface area contributed by atoms with Gasteiger partial charge in [0.25, 0.3) is 5.91 Å². The fourth-order valence-corrected chi connectivity index (χ4v) is 3.17. The quantitative estimate of drug-likeness (QED) is 0.806. The first kappa shape index (κ1) is 10.5. The first-order valence-corrected chi connectivity index (χ1v) is 6.12. The van der Waals surface area contributed by atoms with Crippen LogP contribution in [0, 0.1) is 0 Å². The second-order valence-electron chi connectivity index (χ2n) is 4.22. The third kappa shape index (κ3) is 1.86. The van der Waals surface area contributed by atoms with Crippen molar-refractivity contribution in [1.29, 1.82) is 0 Å². The van der Waals surface area contributed by atoms with E-state index in [4.69, 9.17) is 5.73 Å². The number of hydrogen-bond donors (Lipinski definition) is 2. The van der Waals surface area contributed by atoms with Crippen LogP contribution in [0.1, 0.15) is 41.1 Å². The number of nitrogens with two attached hydrogens (primary N) is 1. The number of hydrogen-bond acceptors (Lipinski definition) is 3. The summed E-state index contributed by atoms with van der Waals surface area (Å²) in [5.74, 6) is -0.0121. The van der Waals surface area contributed by atoms with Crippen molar-refractivity contribution in [1.82, 2.24) is 5.32 Å². The van der Waals surface area contributed by atoms with E-state index >= 15 is 0 Å². The van der Waals surface area contributed by atoms with Crippen LogP contribution in [0.4, 0.5) is 5.00 Å². The minimum absolute atomic E-state index is 0.0121. The Morgan fingerprint density at radius 2 is 2.20 bits per heavy atom. The molecule has 3 N–H and O–H groups in total. The van der Waals surface area contributed by atoms with Crippen molar-refractivity contribution in [3.8, 4) is 0 Å². The van der Waals surface area contributed by atoms with Crippen LogP contribution in [0.3, 0.4) is 0 Å². The van der Waals surface area contributed by atoms with Crippen molar-refractivity contribution in [3.05, 3.63) is 16.0 Å². The van der Waals surface area contributed by atoms with E-state index < -0.39 is 0 Å². The molecule has 15 heavy (non-hydrogen) atoms. The molecule has 0 atom stereocenters. The molecule has 1 aromatic heterocycles. The highest BCUT2D eigenvalue weighted by Gasteiger charge is 2.25. The summed E-state index contributed by atoms with van der Waals surface area (Å²) in [5, 5.41) is 3.58. The summed E-state index contributed by atoms with van der Waals surface area (Å²) in [5.41, 5.74) is 7.81. The van der Waals surface area contributed by atoms with Gasteiger partial charge in [-0.3, -0.25) is 4.79 Å². The maximum Gasteiger partial charge on any atom is 0.254 e. The van der Waals surface area contributed by atoms with Gasteiger partial charge in [-0.2, -0.15) is 0 Å². The summed E-state index contributed by atoms with van der Waals surface area (Å²) in [6.07, 6.45) is 3.24. The largest absolute Gasteiger partial charge is 0.390 e. The number of carbonyl (C=O) groups excluding carboxylic acids is 1. The lowest BCUT2D eigenvalue weighted by Gasteiger charge is -2.09. The molecule has 1 aromatic rings. The summed E-state index contributed by atoms with van der Waals surface area (Å²) in [6.45, 7) is 3.92. The predicted octanol–water partition coefficient (Wildman–Crippen LogP) is 1.96. The predicted molar refractivity (Wildman–Crippen MR) is 63.4 cm³/mol. The molecular weight excluding hydrogens is 208 g/mol. The Bertz CT molecular complexity index is 396. The van der Waals surface area contributed by atoms with E-state index in [-0.39, 0.29) is 11.9 Å². The zero-order valence-electron chi connectivity index (χ0n) is 9.09. The third-order valence-electron chi connectivity index (χ3n) is 2.60. The van der Waals surface area contributed by atoms with Gasteiger partial charge in [-0.1, -0.05) is 0 Å². The molecule has 82 valence electrons. The van der Waals surface area contributed by atoms with Crippen LogP contribution < -0.4 is 11.1 Å². The van der Waals surface area contributed by atoms with E-state index in [0.717, 1.165) is 24.8 Å². The second-order valence-corrected chi connectivity index (χ2v) is 5.36. The molecule has 1 heterocycles. The molecule has 3 nitrogen and oxygen atoms in total. The first-order valence-electron chi connectivity index (χ1n) is 5.30. The van der Waals surface area contributed by atoms with Crippen LogP contribution in [0.5, 0.6) is 0 Å². The maximum atomic E-state index is 11.9. The SMILES string of the molecule is CC(C)NC(=O)c1c(N)sc2c1CCC2. The second kappa shape index (κ2) is 3.85. The zero-order valence-corrected chi connectivity index (χ0v) is 9.91. The Morgan fingerprint density at radius 1 is 1.47 bits per heavy atom. The Morgan fingerprint density at radius 3 is 2.87 bits per heavy atom. The van der Waals surface area contributed by atoms with Crippen molar-refractivity contribution in [3.63, 3.8) is 0 Å². The molecule has 2 rings (SSSR count). The molecule has 1 amide bonds. The Kier molecular flexibility index (Phi) is 2.69. The zero-order chi connectivity index (χ0) is 11.0. The highest BCUT2D eigenvalue weighted by Crippen LogP contribution is 2.37. The van der Waals surface area contributed by atoms with Gasteiger partial charge in [0.2, 0.25) is 0 Å². The minimum Gasteiger partial charge on any atom is -0.390 e. The first-order chi connectivity index (χ1) is 7.09. The topological polar surface area (TPSA) is 55.1 Å². The molecule has 0 saturated carbocycles. The molecule has 0 spiro atoms. The number of rotatable bonds is 2. The number of aryl methyl sites for hydroxylation is 1. The van der Waals surface area contributed by atoms with E-state index in [1.54, 1.807) is 11.3 Å². The van der Waals surface area contributed by atoms with Gasteiger partial charge in [0.15, 0.2) is 0 Å². The van der Waals surface area contributed by atoms with Gasteiger partial charge in [-0.15, -0.1) is 11.3 Å². The van der Waals surface area contributed by atoms with E-state index in [9.17, 15) is 4.79 Å². The molecule has 0 radical (unpaired) electrons. The van der Waals surface area contributed by atoms with Crippen LogP contribution in [0.2, 0.25) is 0 Å². The van der Waals surface area contributed by atoms with Crippen molar-refractivity contribution in [2.45, 2.75) is 39.2 Å². The lowest BCUT2D eigenvalue weighted by Crippen LogP contribution is -2.30. The van der Waals surface area contributed by atoms with Crippen LogP contribution in [0.15, 0.2) is 0 Å². The van der Waals surface area contributed by atoms with Gasteiger partial charge >= 0.3 is 0 Å². The van der Waals surface area contributed by atoms with Crippen molar-refractivity contribution in [2.24, 2.45) is 0 Å². The van der Waals surface area contributed by atoms with Gasteiger partial charge in [-0.05, 0) is 38.7 Å². The number of fused-ring (bicyclic) bond motifs is 1. The van der Waals surface area contributed by atoms with Crippen LogP contribution in [-0.2, 0) is 12.8 Å². The normalized spacial score (nSPS) is 14.3. The van der Waals surface area contributed by atoms with E-state index in [1.165, 1.54) is 10.4 Å². The number of nitrogens with one attached hydrogen (secondary N) is 1. The summed E-state index contributed by atoms with van der Waals surface area (Å²) >= 11 is 1.58. The fourth-order valence-electron chi connectivity index (χ4n) is 2.01. The third-order valence-corrected chi connectivity index (χ3v) is 3.72. The Hall–Kier alpha value is -1.03. The van der Waals surface area contributed by atoms with E-state index in [0.29, 0.717) is 5.00 Å². The number of carbonyl (C=O) groups is 1. The molecule has 0 bridgehead atoms. The smallest absolute Gasteiger partial charge is 0.254 e. The molecule has 0 aliphatic heterocycles. The molecule has 1 aliphatic rings. The van der Waals surface area contributed by atoms with Crippen molar-refractivity contribution in [2.75, 3.05) is 5.73 Å².